The predicted octanol–water partition coefficient (Wildman–Crippen LogP) is 4.13. The molecule has 36 heavy (non-hydrogen) atoms. The van der Waals surface area contributed by atoms with E-state index in [1.165, 1.54) is 18.2 Å². The molecule has 5 rings (SSSR count). The number of hydrogen-bond acceptors (Lipinski definition) is 5. The average molecular weight is 505 g/mol. The van der Waals surface area contributed by atoms with Gasteiger partial charge in [0, 0.05) is 55.6 Å². The van der Waals surface area contributed by atoms with Crippen LogP contribution >= 0.6 is 0 Å². The maximum Gasteiger partial charge on any atom is 0.264 e. The van der Waals surface area contributed by atoms with Crippen molar-refractivity contribution < 1.29 is 17.6 Å². The quantitative estimate of drug-likeness (QED) is 0.427. The first kappa shape index (κ1) is 23.9. The van der Waals surface area contributed by atoms with Gasteiger partial charge in [-0.2, -0.15) is 0 Å². The molecular weight excluding hydrogens is 479 g/mol. The van der Waals surface area contributed by atoms with Crippen LogP contribution in [0.5, 0.6) is 0 Å². The van der Waals surface area contributed by atoms with Gasteiger partial charge in [0.05, 0.1) is 5.52 Å². The summed E-state index contributed by atoms with van der Waals surface area (Å²) in [6, 6.07) is 21.6. The minimum Gasteiger partial charge on any atom is -0.336 e. The molecule has 0 bridgehead atoms. The van der Waals surface area contributed by atoms with E-state index in [2.05, 4.69) is 14.6 Å². The molecule has 0 atom stereocenters. The standard InChI is InChI=1S/C27H25FN4O3S/c28-23-7-1-4-20(18-23)19-31-14-16-32(17-15-31)27(33)22-9-11-24(12-10-22)30-36(34,35)25-8-2-5-21-6-3-13-29-26(21)25/h1-13,18,30H,14-17,19H2. The second-order valence-corrected chi connectivity index (χ2v) is 10.4. The fraction of sp³-hybridized carbons (Fsp3) is 0.185. The van der Waals surface area contributed by atoms with E-state index in [0.29, 0.717) is 49.5 Å². The number of amides is 1. The van der Waals surface area contributed by atoms with Gasteiger partial charge < -0.3 is 4.90 Å². The fourth-order valence-corrected chi connectivity index (χ4v) is 5.61. The maximum atomic E-state index is 13.4. The molecular formula is C27H25FN4O3S. The molecule has 1 aliphatic rings. The third-order valence-electron chi connectivity index (χ3n) is 6.22. The number of aromatic nitrogens is 1. The van der Waals surface area contributed by atoms with Gasteiger partial charge in [-0.05, 0) is 54.1 Å². The van der Waals surface area contributed by atoms with E-state index in [1.807, 2.05) is 18.2 Å². The molecule has 2 heterocycles. The van der Waals surface area contributed by atoms with Gasteiger partial charge in [0.1, 0.15) is 10.7 Å². The fourth-order valence-electron chi connectivity index (χ4n) is 4.37. The van der Waals surface area contributed by atoms with E-state index < -0.39 is 10.0 Å². The summed E-state index contributed by atoms with van der Waals surface area (Å²) in [4.78, 5) is 21.3. The van der Waals surface area contributed by atoms with E-state index in [4.69, 9.17) is 0 Å². The number of carbonyl (C=O) groups excluding carboxylic acids is 1. The van der Waals surface area contributed by atoms with Gasteiger partial charge in [0.25, 0.3) is 15.9 Å². The van der Waals surface area contributed by atoms with Crippen molar-refractivity contribution in [3.63, 3.8) is 0 Å². The van der Waals surface area contributed by atoms with Crippen molar-refractivity contribution in [1.82, 2.24) is 14.8 Å². The third-order valence-corrected chi connectivity index (χ3v) is 7.64. The number of pyridine rings is 1. The highest BCUT2D eigenvalue weighted by Crippen LogP contribution is 2.24. The summed E-state index contributed by atoms with van der Waals surface area (Å²) in [5.41, 5.74) is 2.16. The Morgan fingerprint density at radius 3 is 2.39 bits per heavy atom. The number of para-hydroxylation sites is 1. The van der Waals surface area contributed by atoms with Crippen LogP contribution in [-0.4, -0.2) is 55.3 Å². The van der Waals surface area contributed by atoms with Gasteiger partial charge in [0.15, 0.2) is 0 Å². The van der Waals surface area contributed by atoms with E-state index in [1.54, 1.807) is 53.6 Å². The lowest BCUT2D eigenvalue weighted by molar-refractivity contribution is 0.0628. The Labute approximate surface area is 209 Å². The molecule has 1 aliphatic heterocycles. The summed E-state index contributed by atoms with van der Waals surface area (Å²) in [6.45, 7) is 3.16. The number of carbonyl (C=O) groups is 1. The van der Waals surface area contributed by atoms with Gasteiger partial charge in [0.2, 0.25) is 0 Å². The number of nitrogens with one attached hydrogen (secondary N) is 1. The van der Waals surface area contributed by atoms with E-state index in [9.17, 15) is 17.6 Å². The molecule has 1 amide bonds. The molecule has 7 nitrogen and oxygen atoms in total. The second kappa shape index (κ2) is 10.0. The van der Waals surface area contributed by atoms with E-state index in [-0.39, 0.29) is 16.6 Å². The maximum absolute atomic E-state index is 13.4. The largest absolute Gasteiger partial charge is 0.336 e. The summed E-state index contributed by atoms with van der Waals surface area (Å²) in [5.74, 6) is -0.353. The molecule has 9 heteroatoms. The Hall–Kier alpha value is -3.82. The molecule has 0 saturated carbocycles. The first-order valence-corrected chi connectivity index (χ1v) is 13.1. The monoisotopic (exact) mass is 504 g/mol. The van der Waals surface area contributed by atoms with Gasteiger partial charge in [-0.15, -0.1) is 0 Å². The normalized spacial score (nSPS) is 14.6. The van der Waals surface area contributed by atoms with Gasteiger partial charge >= 0.3 is 0 Å². The Morgan fingerprint density at radius 2 is 1.64 bits per heavy atom. The molecule has 1 aromatic heterocycles. The Kier molecular flexibility index (Phi) is 6.67. The van der Waals surface area contributed by atoms with Crippen LogP contribution in [0.15, 0.2) is 90.0 Å². The van der Waals surface area contributed by atoms with Crippen molar-refractivity contribution in [2.24, 2.45) is 0 Å². The minimum atomic E-state index is -3.87. The molecule has 4 aromatic rings. The van der Waals surface area contributed by atoms with Crippen molar-refractivity contribution in [1.29, 1.82) is 0 Å². The number of anilines is 1. The molecule has 184 valence electrons. The predicted molar refractivity (Wildman–Crippen MR) is 137 cm³/mol. The number of hydrogen-bond donors (Lipinski definition) is 1. The van der Waals surface area contributed by atoms with Gasteiger partial charge in [-0.1, -0.05) is 30.3 Å². The SMILES string of the molecule is O=C(c1ccc(NS(=O)(=O)c2cccc3cccnc23)cc1)N1CCN(Cc2cccc(F)c2)CC1. The molecule has 0 unspecified atom stereocenters. The van der Waals surface area contributed by atoms with Crippen LogP contribution in [0, 0.1) is 5.82 Å². The number of nitrogens with zero attached hydrogens (tertiary/aromatic N) is 3. The van der Waals surface area contributed by atoms with Crippen LogP contribution in [0.4, 0.5) is 10.1 Å². The molecule has 1 N–H and O–H groups in total. The number of piperazine rings is 1. The van der Waals surface area contributed by atoms with Gasteiger partial charge in [-0.3, -0.25) is 19.4 Å². The summed E-state index contributed by atoms with van der Waals surface area (Å²) >= 11 is 0. The number of fused-ring (bicyclic) bond motifs is 1. The first-order chi connectivity index (χ1) is 17.4. The van der Waals surface area contributed by atoms with Gasteiger partial charge in [-0.25, -0.2) is 12.8 Å². The van der Waals surface area contributed by atoms with E-state index in [0.717, 1.165) is 10.9 Å². The van der Waals surface area contributed by atoms with E-state index >= 15 is 0 Å². The summed E-state index contributed by atoms with van der Waals surface area (Å²) in [7, 11) is -3.87. The lowest BCUT2D eigenvalue weighted by atomic mass is 10.1. The highest BCUT2D eigenvalue weighted by Gasteiger charge is 2.23. The van der Waals surface area contributed by atoms with Crippen LogP contribution in [0.2, 0.25) is 0 Å². The first-order valence-electron chi connectivity index (χ1n) is 11.6. The summed E-state index contributed by atoms with van der Waals surface area (Å²) in [6.07, 6.45) is 1.56. The number of halogens is 1. The Bertz CT molecular complexity index is 1500. The lowest BCUT2D eigenvalue weighted by Gasteiger charge is -2.34. The third kappa shape index (κ3) is 5.22. The second-order valence-electron chi connectivity index (χ2n) is 8.71. The van der Waals surface area contributed by atoms with Crippen molar-refractivity contribution in [3.8, 4) is 0 Å². The van der Waals surface area contributed by atoms with Crippen molar-refractivity contribution in [2.45, 2.75) is 11.4 Å². The molecule has 0 spiro atoms. The van der Waals surface area contributed by atoms with Crippen LogP contribution in [0.3, 0.4) is 0 Å². The smallest absolute Gasteiger partial charge is 0.264 e. The molecule has 0 aliphatic carbocycles. The zero-order valence-corrected chi connectivity index (χ0v) is 20.3. The minimum absolute atomic E-state index is 0.0943. The summed E-state index contributed by atoms with van der Waals surface area (Å²) < 4.78 is 42.0. The lowest BCUT2D eigenvalue weighted by Crippen LogP contribution is -2.48. The van der Waals surface area contributed by atoms with Crippen LogP contribution in [0.25, 0.3) is 10.9 Å². The van der Waals surface area contributed by atoms with Crippen molar-refractivity contribution in [2.75, 3.05) is 30.9 Å². The molecule has 1 saturated heterocycles. The molecule has 0 radical (unpaired) electrons. The Balaban J connectivity index is 1.21. The number of benzene rings is 3. The molecule has 1 fully saturated rings. The zero-order chi connectivity index (χ0) is 25.1. The van der Waals surface area contributed by atoms with Crippen molar-refractivity contribution >= 4 is 32.5 Å². The number of sulfonamides is 1. The Morgan fingerprint density at radius 1 is 0.917 bits per heavy atom. The number of rotatable bonds is 6. The zero-order valence-electron chi connectivity index (χ0n) is 19.5. The van der Waals surface area contributed by atoms with Crippen molar-refractivity contribution in [3.05, 3.63) is 102 Å². The van der Waals surface area contributed by atoms with Crippen LogP contribution in [-0.2, 0) is 16.6 Å². The molecule has 3 aromatic carbocycles. The van der Waals surface area contributed by atoms with Crippen LogP contribution in [0.1, 0.15) is 15.9 Å². The topological polar surface area (TPSA) is 82.6 Å². The average Bonchev–Trinajstić information content (AvgIpc) is 2.89. The highest BCUT2D eigenvalue weighted by atomic mass is 32.2. The van der Waals surface area contributed by atoms with Crippen LogP contribution < -0.4 is 4.72 Å². The summed E-state index contributed by atoms with van der Waals surface area (Å²) in [5, 5.41) is 0.734. The highest BCUT2D eigenvalue weighted by molar-refractivity contribution is 7.93.